The number of carbonyl (C=O) groups is 1. The lowest BCUT2D eigenvalue weighted by molar-refractivity contribution is -0.172. The first-order valence-corrected chi connectivity index (χ1v) is 16.3. The number of hydrogen-bond donors (Lipinski definition) is 1. The van der Waals surface area contributed by atoms with Gasteiger partial charge in [-0.15, -0.1) is 0 Å². The van der Waals surface area contributed by atoms with Gasteiger partial charge in [-0.25, -0.2) is 9.78 Å². The Morgan fingerprint density at radius 2 is 1.82 bits per heavy atom. The highest BCUT2D eigenvalue weighted by atomic mass is 16.8. The van der Waals surface area contributed by atoms with E-state index in [1.165, 1.54) is 45.2 Å². The number of aryl methyl sites for hydroxylation is 1. The molecule has 232 valence electrons. The smallest absolute Gasteiger partial charge is 0.343 e. The predicted octanol–water partition coefficient (Wildman–Crippen LogP) is 3.65. The lowest BCUT2D eigenvalue weighted by atomic mass is 9.86. The van der Waals surface area contributed by atoms with Gasteiger partial charge in [0, 0.05) is 35.6 Å². The third-order valence-electron chi connectivity index (χ3n) is 10.6. The van der Waals surface area contributed by atoms with E-state index >= 15 is 0 Å². The molecule has 0 bridgehead atoms. The van der Waals surface area contributed by atoms with Crippen LogP contribution in [0.1, 0.15) is 74.6 Å². The Balaban J connectivity index is 1.03. The van der Waals surface area contributed by atoms with Crippen molar-refractivity contribution in [2.75, 3.05) is 26.2 Å². The number of rotatable bonds is 6. The van der Waals surface area contributed by atoms with Gasteiger partial charge in [0.15, 0.2) is 11.8 Å². The number of aliphatic hydroxyl groups is 1. The van der Waals surface area contributed by atoms with Crippen molar-refractivity contribution in [3.8, 4) is 17.1 Å². The van der Waals surface area contributed by atoms with E-state index in [1.54, 1.807) is 17.6 Å². The molecule has 0 amide bonds. The van der Waals surface area contributed by atoms with Gasteiger partial charge in [-0.3, -0.25) is 9.69 Å². The SMILES string of the molecule is CCc1c2c(nc3ccc(OC4OC4N4CCC(N5CCCCC5)CC4)cc13)-c1cc3c(c(=O)n1C2)COC(=O)C3(O)CC. The average molecular weight is 601 g/mol. The maximum absolute atomic E-state index is 13.6. The molecule has 5 aliphatic heterocycles. The molecule has 44 heavy (non-hydrogen) atoms. The predicted molar refractivity (Wildman–Crippen MR) is 163 cm³/mol. The van der Waals surface area contributed by atoms with Crippen molar-refractivity contribution in [1.29, 1.82) is 0 Å². The summed E-state index contributed by atoms with van der Waals surface area (Å²) >= 11 is 0. The number of epoxide rings is 1. The molecule has 8 rings (SSSR count). The quantitative estimate of drug-likeness (QED) is 0.262. The summed E-state index contributed by atoms with van der Waals surface area (Å²) in [6.07, 6.45) is 7.01. The molecule has 1 aromatic carbocycles. The number of benzene rings is 1. The van der Waals surface area contributed by atoms with Crippen LogP contribution in [0.15, 0.2) is 29.1 Å². The van der Waals surface area contributed by atoms with Crippen molar-refractivity contribution in [2.45, 2.75) is 96.1 Å². The summed E-state index contributed by atoms with van der Waals surface area (Å²) in [5, 5.41) is 12.2. The van der Waals surface area contributed by atoms with Crippen LogP contribution in [0.3, 0.4) is 0 Å². The Kier molecular flexibility index (Phi) is 6.82. The summed E-state index contributed by atoms with van der Waals surface area (Å²) in [5.41, 5.74) is 2.83. The molecule has 0 spiro atoms. The topological polar surface area (TPSA) is 110 Å². The maximum atomic E-state index is 13.6. The molecule has 3 fully saturated rings. The van der Waals surface area contributed by atoms with Crippen LogP contribution in [0.5, 0.6) is 5.75 Å². The van der Waals surface area contributed by atoms with Gasteiger partial charge in [0.2, 0.25) is 6.29 Å². The molecule has 7 heterocycles. The van der Waals surface area contributed by atoms with Crippen molar-refractivity contribution >= 4 is 16.9 Å². The fourth-order valence-corrected chi connectivity index (χ4v) is 7.98. The Morgan fingerprint density at radius 1 is 1.02 bits per heavy atom. The van der Waals surface area contributed by atoms with Crippen LogP contribution >= 0.6 is 0 Å². The molecule has 2 aromatic heterocycles. The lowest BCUT2D eigenvalue weighted by Crippen LogP contribution is -2.47. The first kappa shape index (κ1) is 28.2. The van der Waals surface area contributed by atoms with E-state index in [0.29, 0.717) is 29.4 Å². The van der Waals surface area contributed by atoms with E-state index in [0.717, 1.165) is 53.0 Å². The van der Waals surface area contributed by atoms with Crippen LogP contribution in [0.4, 0.5) is 0 Å². The molecule has 1 N–H and O–H groups in total. The highest BCUT2D eigenvalue weighted by molar-refractivity contribution is 5.90. The fraction of sp³-hybridized carbons (Fsp3) is 0.559. The Labute approximate surface area is 256 Å². The van der Waals surface area contributed by atoms with Crippen molar-refractivity contribution < 1.29 is 24.1 Å². The summed E-state index contributed by atoms with van der Waals surface area (Å²) < 4.78 is 19.2. The number of aromatic nitrogens is 2. The number of esters is 1. The second kappa shape index (κ2) is 10.7. The minimum absolute atomic E-state index is 0.00169. The van der Waals surface area contributed by atoms with E-state index in [4.69, 9.17) is 19.2 Å². The monoisotopic (exact) mass is 600 g/mol. The molecule has 3 saturated heterocycles. The second-order valence-corrected chi connectivity index (χ2v) is 12.9. The molecule has 5 aliphatic rings. The average Bonchev–Trinajstić information content (AvgIpc) is 3.73. The van der Waals surface area contributed by atoms with Gasteiger partial charge in [0.25, 0.3) is 5.56 Å². The Hall–Kier alpha value is -3.31. The number of likely N-dealkylation sites (tertiary alicyclic amines) is 2. The second-order valence-electron chi connectivity index (χ2n) is 12.9. The van der Waals surface area contributed by atoms with Gasteiger partial charge >= 0.3 is 5.97 Å². The van der Waals surface area contributed by atoms with Crippen molar-refractivity contribution in [2.24, 2.45) is 0 Å². The molecule has 10 nitrogen and oxygen atoms in total. The number of carbonyl (C=O) groups excluding carboxylic acids is 1. The van der Waals surface area contributed by atoms with Gasteiger partial charge in [-0.2, -0.15) is 0 Å². The highest BCUT2D eigenvalue weighted by Gasteiger charge is 2.48. The number of fused-ring (bicyclic) bond motifs is 5. The molecular weight excluding hydrogens is 560 g/mol. The standard InChI is InChI=1S/C34H40N4O6/c1-3-22-23-16-21(43-32-31(44-32)37-14-10-20(11-15-37)36-12-6-5-7-13-36)8-9-27(23)35-29-24(22)18-38-28(29)17-26-25(30(38)39)19-42-33(40)34(26,41)4-2/h8-9,16-17,20,31-32,41H,3-7,10-15,18-19H2,1-2H3. The molecule has 3 atom stereocenters. The number of ether oxygens (including phenoxy) is 3. The molecular formula is C34H40N4O6. The zero-order valence-corrected chi connectivity index (χ0v) is 25.5. The van der Waals surface area contributed by atoms with E-state index in [2.05, 4.69) is 16.7 Å². The van der Waals surface area contributed by atoms with Gasteiger partial charge < -0.3 is 28.8 Å². The lowest BCUT2D eigenvalue weighted by Gasteiger charge is -2.39. The van der Waals surface area contributed by atoms with Gasteiger partial charge in [0.05, 0.1) is 29.0 Å². The number of cyclic esters (lactones) is 1. The summed E-state index contributed by atoms with van der Waals surface area (Å²) in [4.78, 5) is 36.2. The number of pyridine rings is 2. The Bertz CT molecular complexity index is 1710. The van der Waals surface area contributed by atoms with Gasteiger partial charge in [-0.1, -0.05) is 20.3 Å². The maximum Gasteiger partial charge on any atom is 0.343 e. The first-order chi connectivity index (χ1) is 21.4. The van der Waals surface area contributed by atoms with Gasteiger partial charge in [-0.05, 0) is 81.4 Å². The van der Waals surface area contributed by atoms with E-state index < -0.39 is 11.6 Å². The third-order valence-corrected chi connectivity index (χ3v) is 10.6. The van der Waals surface area contributed by atoms with E-state index in [1.807, 2.05) is 18.2 Å². The fourth-order valence-electron chi connectivity index (χ4n) is 7.98. The zero-order valence-electron chi connectivity index (χ0n) is 25.5. The number of piperidine rings is 2. The normalized spacial score (nSPS) is 27.1. The summed E-state index contributed by atoms with van der Waals surface area (Å²) in [5.74, 6) is 0.0311. The zero-order chi connectivity index (χ0) is 30.2. The van der Waals surface area contributed by atoms with E-state index in [9.17, 15) is 14.7 Å². The van der Waals surface area contributed by atoms with Crippen LogP contribution in [0, 0.1) is 0 Å². The highest BCUT2D eigenvalue weighted by Crippen LogP contribution is 2.41. The van der Waals surface area contributed by atoms with E-state index in [-0.39, 0.29) is 31.1 Å². The minimum atomic E-state index is -1.84. The third kappa shape index (κ3) is 4.41. The van der Waals surface area contributed by atoms with Gasteiger partial charge in [0.1, 0.15) is 12.4 Å². The van der Waals surface area contributed by atoms with Crippen molar-refractivity contribution in [3.05, 3.63) is 56.9 Å². The van der Waals surface area contributed by atoms with Crippen molar-refractivity contribution in [3.63, 3.8) is 0 Å². The summed E-state index contributed by atoms with van der Waals surface area (Å²) in [6.45, 7) is 8.64. The molecule has 10 heteroatoms. The first-order valence-electron chi connectivity index (χ1n) is 16.3. The molecule has 3 unspecified atom stereocenters. The number of nitrogens with zero attached hydrogens (tertiary/aromatic N) is 4. The van der Waals surface area contributed by atoms with Crippen LogP contribution in [-0.2, 0) is 39.4 Å². The molecule has 0 aliphatic carbocycles. The summed E-state index contributed by atoms with van der Waals surface area (Å²) in [7, 11) is 0. The molecule has 0 radical (unpaired) electrons. The van der Waals surface area contributed by atoms with Crippen LogP contribution in [0.25, 0.3) is 22.3 Å². The van der Waals surface area contributed by atoms with Crippen molar-refractivity contribution in [1.82, 2.24) is 19.4 Å². The largest absolute Gasteiger partial charge is 0.460 e. The molecule has 3 aromatic rings. The number of hydrogen-bond acceptors (Lipinski definition) is 9. The molecule has 0 saturated carbocycles. The van der Waals surface area contributed by atoms with Crippen LogP contribution in [-0.4, -0.2) is 75.2 Å². The summed E-state index contributed by atoms with van der Waals surface area (Å²) in [6, 6.07) is 8.41. The van der Waals surface area contributed by atoms with Crippen LogP contribution in [0.2, 0.25) is 0 Å². The van der Waals surface area contributed by atoms with Crippen LogP contribution < -0.4 is 10.3 Å². The Morgan fingerprint density at radius 3 is 2.57 bits per heavy atom. The minimum Gasteiger partial charge on any atom is -0.460 e.